The van der Waals surface area contributed by atoms with Gasteiger partial charge in [-0.15, -0.1) is 0 Å². The topological polar surface area (TPSA) is 96.0 Å². The van der Waals surface area contributed by atoms with Crippen LogP contribution in [0.4, 0.5) is 5.69 Å². The van der Waals surface area contributed by atoms with Crippen molar-refractivity contribution in [2.45, 2.75) is 59.3 Å². The first-order chi connectivity index (χ1) is 28.4. The van der Waals surface area contributed by atoms with Gasteiger partial charge in [0, 0.05) is 79.8 Å². The van der Waals surface area contributed by atoms with Crippen molar-refractivity contribution >= 4 is 66.9 Å². The van der Waals surface area contributed by atoms with Crippen molar-refractivity contribution in [3.05, 3.63) is 96.1 Å². The number of likely N-dealkylation sites (N-methyl/N-ethyl adjacent to an activating group) is 1. The predicted molar refractivity (Wildman–Crippen MR) is 258 cm³/mol. The number of ether oxygens (including phenoxy) is 6. The molecule has 0 saturated heterocycles. The van der Waals surface area contributed by atoms with E-state index in [-0.39, 0.29) is 18.2 Å². The van der Waals surface area contributed by atoms with Crippen LogP contribution in [0.2, 0.25) is 0 Å². The molecule has 0 atom stereocenters. The van der Waals surface area contributed by atoms with E-state index < -0.39 is 0 Å². The van der Waals surface area contributed by atoms with Crippen LogP contribution in [0.25, 0.3) is 6.08 Å². The highest BCUT2D eigenvalue weighted by Crippen LogP contribution is 2.27. The molecule has 334 valence electrons. The van der Waals surface area contributed by atoms with Gasteiger partial charge in [-0.2, -0.15) is 0 Å². The number of carbonyl (C=O) groups is 2. The fourth-order valence-electron chi connectivity index (χ4n) is 4.21. The minimum Gasteiger partial charge on any atom is -0.462 e. The van der Waals surface area contributed by atoms with E-state index in [1.165, 1.54) is 5.56 Å². The Kier molecular flexibility index (Phi) is 37.0. The molecule has 0 saturated carbocycles. The summed E-state index contributed by atoms with van der Waals surface area (Å²) in [6.45, 7) is 21.6. The second kappa shape index (κ2) is 38.5. The molecule has 0 amide bonds. The van der Waals surface area contributed by atoms with E-state index in [4.69, 9.17) is 28.4 Å². The van der Waals surface area contributed by atoms with Gasteiger partial charge in [0.2, 0.25) is 0 Å². The first kappa shape index (κ1) is 56.6. The molecular formula is C45H72N2O8S4. The molecule has 0 aliphatic carbocycles. The number of benzene rings is 2. The summed E-state index contributed by atoms with van der Waals surface area (Å²) in [6.07, 6.45) is 5.47. The van der Waals surface area contributed by atoms with Crippen molar-refractivity contribution in [1.82, 2.24) is 4.90 Å². The van der Waals surface area contributed by atoms with E-state index in [0.29, 0.717) is 37.6 Å². The first-order valence-corrected chi connectivity index (χ1v) is 24.9. The fraction of sp³-hybridized carbons (Fsp3) is 0.556. The van der Waals surface area contributed by atoms with Gasteiger partial charge in [-0.3, -0.25) is 0 Å². The number of rotatable bonds is 31. The highest BCUT2D eigenvalue weighted by Gasteiger charge is 2.14. The molecule has 0 fully saturated rings. The molecule has 14 heteroatoms. The van der Waals surface area contributed by atoms with E-state index in [1.807, 2.05) is 68.2 Å². The van der Waals surface area contributed by atoms with Crippen molar-refractivity contribution in [1.29, 1.82) is 0 Å². The van der Waals surface area contributed by atoms with Crippen LogP contribution in [0.15, 0.2) is 79.4 Å². The molecule has 2 rings (SSSR count). The zero-order valence-electron chi connectivity index (χ0n) is 37.0. The maximum absolute atomic E-state index is 10.8. The summed E-state index contributed by atoms with van der Waals surface area (Å²) in [7, 11) is 16.9. The van der Waals surface area contributed by atoms with Crippen LogP contribution in [0.3, 0.4) is 0 Å². The third-order valence-corrected chi connectivity index (χ3v) is 12.5. The molecule has 2 aromatic rings. The van der Waals surface area contributed by atoms with Crippen LogP contribution in [0.5, 0.6) is 0 Å². The number of unbranched alkanes of at least 4 members (excludes halogenated alkanes) is 1. The quantitative estimate of drug-likeness (QED) is 0.0236. The Morgan fingerprint density at radius 2 is 1.17 bits per heavy atom. The third kappa shape index (κ3) is 32.0. The monoisotopic (exact) mass is 896 g/mol. The molecule has 0 radical (unpaired) electrons. The van der Waals surface area contributed by atoms with Crippen molar-refractivity contribution in [2.24, 2.45) is 0 Å². The van der Waals surface area contributed by atoms with Crippen LogP contribution < -0.4 is 4.90 Å². The zero-order chi connectivity index (χ0) is 44.1. The standard InChI is InChI=1S/C29H43NO4S4.C8H15NO2.C8H14O2/c1-5-25-8-10-26(11-9-25)24-30(2)28-14-12-27(13-15-28)29(33-16-6-20-35-37-22-18-31-3)34-17-7-21-36-38-23-19-32-4;1-7(2)8(10)11-6-5-9(3)4;1-4-5-6-10-8(9)7(2)3/h5,8-15,29H,1,6-7,16-24H2,2-4H3;1,5-6H2,2-4H3;2,4-6H2,1,3H3. The molecule has 0 aromatic heterocycles. The van der Waals surface area contributed by atoms with E-state index in [2.05, 4.69) is 87.1 Å². The highest BCUT2D eigenvalue weighted by atomic mass is 33.1. The number of anilines is 1. The summed E-state index contributed by atoms with van der Waals surface area (Å²) >= 11 is 0. The summed E-state index contributed by atoms with van der Waals surface area (Å²) < 4.78 is 32.3. The maximum atomic E-state index is 10.8. The van der Waals surface area contributed by atoms with E-state index >= 15 is 0 Å². The number of hydrogen-bond donors (Lipinski definition) is 0. The molecule has 2 aromatic carbocycles. The molecule has 0 N–H and O–H groups in total. The van der Waals surface area contributed by atoms with Crippen molar-refractivity contribution < 1.29 is 38.0 Å². The molecule has 0 aliphatic heterocycles. The number of carbonyl (C=O) groups excluding carboxylic acids is 2. The van der Waals surface area contributed by atoms with Gasteiger partial charge in [0.05, 0.1) is 33.0 Å². The van der Waals surface area contributed by atoms with E-state index in [1.54, 1.807) is 28.1 Å². The van der Waals surface area contributed by atoms with Crippen molar-refractivity contribution in [3.63, 3.8) is 0 Å². The van der Waals surface area contributed by atoms with Gasteiger partial charge in [0.15, 0.2) is 6.29 Å². The van der Waals surface area contributed by atoms with Crippen LogP contribution in [-0.4, -0.2) is 121 Å². The largest absolute Gasteiger partial charge is 0.462 e. The smallest absolute Gasteiger partial charge is 0.333 e. The first-order valence-electron chi connectivity index (χ1n) is 19.9. The molecule has 0 aliphatic rings. The normalized spacial score (nSPS) is 10.6. The van der Waals surface area contributed by atoms with Gasteiger partial charge in [-0.1, -0.05) is 119 Å². The average molecular weight is 897 g/mol. The Hall–Kier alpha value is -2.40. The Morgan fingerprint density at radius 1 is 0.678 bits per heavy atom. The predicted octanol–water partition coefficient (Wildman–Crippen LogP) is 10.4. The number of nitrogens with zero attached hydrogens (tertiary/aromatic N) is 2. The van der Waals surface area contributed by atoms with Gasteiger partial charge >= 0.3 is 11.9 Å². The Balaban J connectivity index is 0.00000130. The highest BCUT2D eigenvalue weighted by molar-refractivity contribution is 8.77. The SMILES string of the molecule is C=C(C)C(=O)OCCCC.C=C(C)C(=O)OCCN(C)C.C=Cc1ccc(CN(C)c2ccc(C(OCCCSSCCOC)OCCCSSCCOC)cc2)cc1. The molecule has 0 spiro atoms. The van der Waals surface area contributed by atoms with Gasteiger partial charge in [0.25, 0.3) is 0 Å². The molecule has 0 heterocycles. The lowest BCUT2D eigenvalue weighted by Gasteiger charge is -2.22. The summed E-state index contributed by atoms with van der Waals surface area (Å²) in [5.74, 6) is 3.52. The Labute approximate surface area is 372 Å². The third-order valence-electron chi connectivity index (χ3n) is 7.63. The summed E-state index contributed by atoms with van der Waals surface area (Å²) in [4.78, 5) is 25.7. The second-order valence-corrected chi connectivity index (χ2v) is 18.8. The summed E-state index contributed by atoms with van der Waals surface area (Å²) in [6, 6.07) is 17.1. The number of esters is 2. The van der Waals surface area contributed by atoms with Gasteiger partial charge in [-0.05, 0) is 70.5 Å². The average Bonchev–Trinajstić information content (AvgIpc) is 3.22. The summed E-state index contributed by atoms with van der Waals surface area (Å²) in [5.41, 5.74) is 5.54. The minimum absolute atomic E-state index is 0.284. The van der Waals surface area contributed by atoms with Crippen LogP contribution in [0.1, 0.15) is 69.4 Å². The van der Waals surface area contributed by atoms with Crippen LogP contribution >= 0.6 is 43.2 Å². The zero-order valence-corrected chi connectivity index (χ0v) is 40.3. The van der Waals surface area contributed by atoms with Crippen molar-refractivity contribution in [2.75, 3.05) is 109 Å². The minimum atomic E-state index is -0.349. The van der Waals surface area contributed by atoms with Crippen LogP contribution in [-0.2, 0) is 44.6 Å². The van der Waals surface area contributed by atoms with Gasteiger partial charge < -0.3 is 38.2 Å². The Morgan fingerprint density at radius 3 is 1.61 bits per heavy atom. The second-order valence-electron chi connectivity index (χ2n) is 13.4. The molecule has 0 unspecified atom stereocenters. The van der Waals surface area contributed by atoms with Gasteiger partial charge in [0.1, 0.15) is 6.61 Å². The summed E-state index contributed by atoms with van der Waals surface area (Å²) in [5, 5.41) is 0. The lowest BCUT2D eigenvalue weighted by Crippen LogP contribution is -2.20. The lowest BCUT2D eigenvalue weighted by atomic mass is 10.1. The van der Waals surface area contributed by atoms with Crippen molar-refractivity contribution in [3.8, 4) is 0 Å². The number of hydrogen-bond acceptors (Lipinski definition) is 14. The molecule has 10 nitrogen and oxygen atoms in total. The van der Waals surface area contributed by atoms with E-state index in [0.717, 1.165) is 91.8 Å². The molecular weight excluding hydrogens is 825 g/mol. The van der Waals surface area contributed by atoms with Gasteiger partial charge in [-0.25, -0.2) is 9.59 Å². The molecule has 59 heavy (non-hydrogen) atoms. The molecule has 0 bridgehead atoms. The fourth-order valence-corrected chi connectivity index (χ4v) is 8.16. The van der Waals surface area contributed by atoms with E-state index in [9.17, 15) is 9.59 Å². The maximum Gasteiger partial charge on any atom is 0.333 e. The van der Waals surface area contributed by atoms with Crippen LogP contribution in [0, 0.1) is 0 Å². The lowest BCUT2D eigenvalue weighted by molar-refractivity contribution is -0.146. The number of methoxy groups -OCH3 is 2. The Bertz CT molecular complexity index is 1380.